The van der Waals surface area contributed by atoms with E-state index in [0.29, 0.717) is 12.2 Å². The molecule has 40 heavy (non-hydrogen) atoms. The molecule has 3 rings (SSSR count). The molecule has 9 heteroatoms. The van der Waals surface area contributed by atoms with E-state index in [-0.39, 0.29) is 29.1 Å². The van der Waals surface area contributed by atoms with Crippen LogP contribution in [0.2, 0.25) is 0 Å². The van der Waals surface area contributed by atoms with Crippen molar-refractivity contribution < 1.29 is 22.7 Å². The first kappa shape index (κ1) is 30.7. The highest BCUT2D eigenvalue weighted by Crippen LogP contribution is 2.32. The number of ether oxygens (including phenoxy) is 1. The summed E-state index contributed by atoms with van der Waals surface area (Å²) in [5, 5.41) is 2.99. The van der Waals surface area contributed by atoms with Crippen molar-refractivity contribution >= 4 is 27.5 Å². The van der Waals surface area contributed by atoms with E-state index in [0.717, 1.165) is 21.9 Å². The summed E-state index contributed by atoms with van der Waals surface area (Å²) in [7, 11) is -2.72. The van der Waals surface area contributed by atoms with Crippen LogP contribution in [0.25, 0.3) is 0 Å². The van der Waals surface area contributed by atoms with Crippen molar-refractivity contribution in [1.29, 1.82) is 0 Å². The summed E-state index contributed by atoms with van der Waals surface area (Å²) >= 11 is 0. The largest absolute Gasteiger partial charge is 0.495 e. The molecule has 1 N–H and O–H groups in total. The molecule has 0 fully saturated rings. The maximum Gasteiger partial charge on any atom is 0.264 e. The van der Waals surface area contributed by atoms with Crippen LogP contribution in [0.1, 0.15) is 44.7 Å². The lowest BCUT2D eigenvalue weighted by Crippen LogP contribution is -2.53. The van der Waals surface area contributed by atoms with Crippen molar-refractivity contribution in [2.45, 2.75) is 64.1 Å². The van der Waals surface area contributed by atoms with Crippen LogP contribution in [0.5, 0.6) is 5.75 Å². The third kappa shape index (κ3) is 7.41. The van der Waals surface area contributed by atoms with Gasteiger partial charge in [0, 0.05) is 12.6 Å². The predicted octanol–water partition coefficient (Wildman–Crippen LogP) is 4.92. The molecule has 0 aromatic heterocycles. The highest BCUT2D eigenvalue weighted by Gasteiger charge is 2.34. The second-order valence-electron chi connectivity index (χ2n) is 9.75. The number of hydrogen-bond acceptors (Lipinski definition) is 5. The number of sulfonamides is 1. The number of hydrogen-bond donors (Lipinski definition) is 1. The fourth-order valence-corrected chi connectivity index (χ4v) is 5.88. The molecule has 0 radical (unpaired) electrons. The average Bonchev–Trinajstić information content (AvgIpc) is 2.96. The normalized spacial score (nSPS) is 12.7. The molecule has 2 amide bonds. The van der Waals surface area contributed by atoms with Crippen molar-refractivity contribution in [3.63, 3.8) is 0 Å². The lowest BCUT2D eigenvalue weighted by atomic mass is 10.1. The topological polar surface area (TPSA) is 96.0 Å². The van der Waals surface area contributed by atoms with E-state index in [1.807, 2.05) is 52.0 Å². The zero-order chi connectivity index (χ0) is 29.3. The van der Waals surface area contributed by atoms with Gasteiger partial charge < -0.3 is 15.0 Å². The molecule has 3 aromatic rings. The summed E-state index contributed by atoms with van der Waals surface area (Å²) in [6, 6.07) is 21.5. The van der Waals surface area contributed by atoms with E-state index in [1.165, 1.54) is 24.1 Å². The Morgan fingerprint density at radius 1 is 0.925 bits per heavy atom. The Kier molecular flexibility index (Phi) is 10.7. The SMILES string of the molecule is CC[C@@H](C)NC(=O)[C@@H](CC)N(Cc1cccc(C)c1)C(=O)CN(c1ccccc1OC)S(=O)(=O)c1ccccc1. The summed E-state index contributed by atoms with van der Waals surface area (Å²) < 4.78 is 34.4. The van der Waals surface area contributed by atoms with E-state index in [2.05, 4.69) is 5.32 Å². The van der Waals surface area contributed by atoms with Gasteiger partial charge in [-0.15, -0.1) is 0 Å². The lowest BCUT2D eigenvalue weighted by molar-refractivity contribution is -0.140. The number of methoxy groups -OCH3 is 1. The van der Waals surface area contributed by atoms with Gasteiger partial charge in [-0.25, -0.2) is 8.42 Å². The van der Waals surface area contributed by atoms with Crippen LogP contribution in [-0.4, -0.2) is 50.9 Å². The van der Waals surface area contributed by atoms with Crippen LogP contribution in [0.15, 0.2) is 83.8 Å². The van der Waals surface area contributed by atoms with Gasteiger partial charge in [0.05, 0.1) is 17.7 Å². The van der Waals surface area contributed by atoms with Gasteiger partial charge in [-0.1, -0.05) is 74.0 Å². The molecule has 3 aromatic carbocycles. The Labute approximate surface area is 238 Å². The molecule has 0 aliphatic heterocycles. The summed E-state index contributed by atoms with van der Waals surface area (Å²) in [6.07, 6.45) is 1.10. The second kappa shape index (κ2) is 14.0. The Bertz CT molecular complexity index is 1390. The molecule has 0 aliphatic rings. The zero-order valence-electron chi connectivity index (χ0n) is 23.8. The van der Waals surface area contributed by atoms with Gasteiger partial charge in [-0.05, 0) is 56.5 Å². The molecule has 0 unspecified atom stereocenters. The van der Waals surface area contributed by atoms with Crippen LogP contribution in [0, 0.1) is 6.92 Å². The second-order valence-corrected chi connectivity index (χ2v) is 11.6. The number of nitrogens with zero attached hydrogens (tertiary/aromatic N) is 2. The van der Waals surface area contributed by atoms with Crippen LogP contribution >= 0.6 is 0 Å². The summed E-state index contributed by atoms with van der Waals surface area (Å²) in [5.74, 6) is -0.465. The first-order valence-electron chi connectivity index (χ1n) is 13.5. The summed E-state index contributed by atoms with van der Waals surface area (Å²) in [4.78, 5) is 29.0. The van der Waals surface area contributed by atoms with E-state index in [4.69, 9.17) is 4.74 Å². The molecule has 0 saturated carbocycles. The first-order chi connectivity index (χ1) is 19.1. The maximum atomic E-state index is 14.2. The first-order valence-corrected chi connectivity index (χ1v) is 14.9. The fourth-order valence-electron chi connectivity index (χ4n) is 4.44. The molecule has 8 nitrogen and oxygen atoms in total. The minimum absolute atomic E-state index is 0.0421. The standard InChI is InChI=1S/C31H39N3O5S/c1-6-24(4)32-31(36)27(7-2)33(21-25-15-13-14-23(3)20-25)30(35)22-34(28-18-11-12-19-29(28)39-5)40(37,38)26-16-9-8-10-17-26/h8-20,24,27H,6-7,21-22H2,1-5H3,(H,32,36)/t24-,27-/m1/s1. The van der Waals surface area contributed by atoms with E-state index < -0.39 is 28.5 Å². The molecule has 0 saturated heterocycles. The highest BCUT2D eigenvalue weighted by molar-refractivity contribution is 7.92. The van der Waals surface area contributed by atoms with Gasteiger partial charge in [0.2, 0.25) is 11.8 Å². The number of anilines is 1. The Morgan fingerprint density at radius 2 is 1.60 bits per heavy atom. The minimum Gasteiger partial charge on any atom is -0.495 e. The monoisotopic (exact) mass is 565 g/mol. The highest BCUT2D eigenvalue weighted by atomic mass is 32.2. The number of carbonyl (C=O) groups excluding carboxylic acids is 2. The summed E-state index contributed by atoms with van der Waals surface area (Å²) in [6.45, 7) is 7.32. The maximum absolute atomic E-state index is 14.2. The van der Waals surface area contributed by atoms with Crippen molar-refractivity contribution in [3.05, 3.63) is 90.0 Å². The van der Waals surface area contributed by atoms with Crippen LogP contribution in [0.4, 0.5) is 5.69 Å². The van der Waals surface area contributed by atoms with Crippen LogP contribution < -0.4 is 14.4 Å². The van der Waals surface area contributed by atoms with Crippen molar-refractivity contribution in [2.24, 2.45) is 0 Å². The van der Waals surface area contributed by atoms with E-state index in [1.54, 1.807) is 42.5 Å². The molecule has 214 valence electrons. The lowest BCUT2D eigenvalue weighted by Gasteiger charge is -2.34. The van der Waals surface area contributed by atoms with Gasteiger partial charge in [-0.3, -0.25) is 13.9 Å². The third-order valence-electron chi connectivity index (χ3n) is 6.79. The number of amides is 2. The number of benzene rings is 3. The van der Waals surface area contributed by atoms with Crippen molar-refractivity contribution in [2.75, 3.05) is 18.0 Å². The van der Waals surface area contributed by atoms with Gasteiger partial charge >= 0.3 is 0 Å². The van der Waals surface area contributed by atoms with Gasteiger partial charge in [0.1, 0.15) is 18.3 Å². The molecule has 0 aliphatic carbocycles. The van der Waals surface area contributed by atoms with Gasteiger partial charge in [-0.2, -0.15) is 0 Å². The number of para-hydroxylation sites is 2. The molecule has 2 atom stereocenters. The molecule has 0 bridgehead atoms. The average molecular weight is 566 g/mol. The van der Waals surface area contributed by atoms with Crippen molar-refractivity contribution in [1.82, 2.24) is 10.2 Å². The quantitative estimate of drug-likeness (QED) is 0.317. The number of nitrogens with one attached hydrogen (secondary N) is 1. The Hall–Kier alpha value is -3.85. The summed E-state index contributed by atoms with van der Waals surface area (Å²) in [5.41, 5.74) is 2.09. The molecular weight excluding hydrogens is 526 g/mol. The van der Waals surface area contributed by atoms with E-state index in [9.17, 15) is 18.0 Å². The van der Waals surface area contributed by atoms with Crippen molar-refractivity contribution in [3.8, 4) is 5.75 Å². The molecule has 0 heterocycles. The molecule has 0 spiro atoms. The predicted molar refractivity (Wildman–Crippen MR) is 158 cm³/mol. The smallest absolute Gasteiger partial charge is 0.264 e. The minimum atomic E-state index is -4.17. The van der Waals surface area contributed by atoms with Gasteiger partial charge in [0.15, 0.2) is 0 Å². The van der Waals surface area contributed by atoms with E-state index >= 15 is 0 Å². The Balaban J connectivity index is 2.09. The van der Waals surface area contributed by atoms with Gasteiger partial charge in [0.25, 0.3) is 10.0 Å². The zero-order valence-corrected chi connectivity index (χ0v) is 24.6. The number of rotatable bonds is 13. The fraction of sp³-hybridized carbons (Fsp3) is 0.355. The van der Waals surface area contributed by atoms with Crippen LogP contribution in [0.3, 0.4) is 0 Å². The number of aryl methyl sites for hydroxylation is 1. The third-order valence-corrected chi connectivity index (χ3v) is 8.56. The van der Waals surface area contributed by atoms with Crippen LogP contribution in [-0.2, 0) is 26.2 Å². The molecular formula is C31H39N3O5S. The Morgan fingerprint density at radius 3 is 2.23 bits per heavy atom. The number of carbonyl (C=O) groups is 2.